The highest BCUT2D eigenvalue weighted by Crippen LogP contribution is 2.19. The molecule has 0 unspecified atom stereocenters. The van der Waals surface area contributed by atoms with Gasteiger partial charge in [-0.15, -0.1) is 0 Å². The molecular weight excluding hydrogens is 343 g/mol. The minimum absolute atomic E-state index is 0.0393. The number of carbonyl (C=O) groups excluding carboxylic acids is 2. The van der Waals surface area contributed by atoms with Gasteiger partial charge in [0.25, 0.3) is 5.91 Å². The number of halogens is 2. The lowest BCUT2D eigenvalue weighted by atomic mass is 10.2. The van der Waals surface area contributed by atoms with Crippen molar-refractivity contribution in [2.24, 2.45) is 0 Å². The van der Waals surface area contributed by atoms with Gasteiger partial charge in [-0.2, -0.15) is 5.10 Å². The average molecular weight is 355 g/mol. The zero-order chi connectivity index (χ0) is 15.4. The molecule has 0 radical (unpaired) electrons. The second-order valence-electron chi connectivity index (χ2n) is 4.16. The highest BCUT2D eigenvalue weighted by Gasteiger charge is 2.14. The Balaban J connectivity index is 2.09. The van der Waals surface area contributed by atoms with Gasteiger partial charge in [0.15, 0.2) is 0 Å². The van der Waals surface area contributed by atoms with Gasteiger partial charge in [-0.3, -0.25) is 14.3 Å². The number of carbonyl (C=O) groups is 2. The number of nitrogens with zero attached hydrogens (tertiary/aromatic N) is 2. The second-order valence-corrected chi connectivity index (χ2v) is 5.01. The standard InChI is InChI=1S/C13H12BrFN4O2/c1-16-11(20)7-19-6-8(5-17-19)18-13(21)9-3-2-4-10(14)12(9)15/h2-6H,7H2,1H3,(H,16,20)(H,18,21). The van der Waals surface area contributed by atoms with Crippen molar-refractivity contribution in [1.29, 1.82) is 0 Å². The first-order chi connectivity index (χ1) is 10.0. The zero-order valence-electron chi connectivity index (χ0n) is 11.1. The number of hydrogen-bond donors (Lipinski definition) is 2. The van der Waals surface area contributed by atoms with Crippen LogP contribution in [0.15, 0.2) is 35.1 Å². The van der Waals surface area contributed by atoms with E-state index in [1.807, 2.05) is 0 Å². The molecule has 0 fully saturated rings. The summed E-state index contributed by atoms with van der Waals surface area (Å²) in [6, 6.07) is 4.45. The van der Waals surface area contributed by atoms with Crippen LogP contribution < -0.4 is 10.6 Å². The van der Waals surface area contributed by atoms with Crippen LogP contribution in [0.4, 0.5) is 10.1 Å². The van der Waals surface area contributed by atoms with Crippen LogP contribution in [0.5, 0.6) is 0 Å². The SMILES string of the molecule is CNC(=O)Cn1cc(NC(=O)c2cccc(Br)c2F)cn1. The summed E-state index contributed by atoms with van der Waals surface area (Å²) in [5.74, 6) is -1.44. The Morgan fingerprint density at radius 2 is 2.19 bits per heavy atom. The maximum Gasteiger partial charge on any atom is 0.258 e. The van der Waals surface area contributed by atoms with Gasteiger partial charge in [-0.25, -0.2) is 4.39 Å². The van der Waals surface area contributed by atoms with Gasteiger partial charge in [0.2, 0.25) is 5.91 Å². The van der Waals surface area contributed by atoms with E-state index < -0.39 is 11.7 Å². The van der Waals surface area contributed by atoms with Gasteiger partial charge < -0.3 is 10.6 Å². The van der Waals surface area contributed by atoms with E-state index in [0.717, 1.165) is 0 Å². The van der Waals surface area contributed by atoms with Crippen LogP contribution in [0.2, 0.25) is 0 Å². The normalized spacial score (nSPS) is 10.2. The first-order valence-electron chi connectivity index (χ1n) is 5.99. The van der Waals surface area contributed by atoms with Crippen LogP contribution in [0.1, 0.15) is 10.4 Å². The highest BCUT2D eigenvalue weighted by molar-refractivity contribution is 9.10. The molecule has 2 aromatic rings. The fourth-order valence-corrected chi connectivity index (χ4v) is 1.98. The van der Waals surface area contributed by atoms with E-state index in [9.17, 15) is 14.0 Å². The summed E-state index contributed by atoms with van der Waals surface area (Å²) in [5, 5.41) is 8.91. The third-order valence-electron chi connectivity index (χ3n) is 2.67. The molecule has 2 amide bonds. The van der Waals surface area contributed by atoms with Crippen molar-refractivity contribution in [3.63, 3.8) is 0 Å². The molecule has 2 rings (SSSR count). The molecule has 2 N–H and O–H groups in total. The Morgan fingerprint density at radius 3 is 2.90 bits per heavy atom. The van der Waals surface area contributed by atoms with Gasteiger partial charge in [-0.1, -0.05) is 6.07 Å². The first-order valence-corrected chi connectivity index (χ1v) is 6.79. The van der Waals surface area contributed by atoms with E-state index in [1.54, 1.807) is 6.07 Å². The summed E-state index contributed by atoms with van der Waals surface area (Å²) in [6.45, 7) is 0.0393. The third kappa shape index (κ3) is 3.66. The van der Waals surface area contributed by atoms with Crippen molar-refractivity contribution in [2.45, 2.75) is 6.54 Å². The van der Waals surface area contributed by atoms with Crippen LogP contribution in [0, 0.1) is 5.82 Å². The molecule has 0 aliphatic carbocycles. The largest absolute Gasteiger partial charge is 0.358 e. The van der Waals surface area contributed by atoms with Gasteiger partial charge in [-0.05, 0) is 28.1 Å². The number of aromatic nitrogens is 2. The minimum atomic E-state index is -0.632. The maximum atomic E-state index is 13.8. The van der Waals surface area contributed by atoms with Crippen molar-refractivity contribution in [3.05, 3.63) is 46.4 Å². The summed E-state index contributed by atoms with van der Waals surface area (Å²) in [4.78, 5) is 23.2. The van der Waals surface area contributed by atoms with Crippen molar-refractivity contribution >= 4 is 33.4 Å². The van der Waals surface area contributed by atoms with Crippen molar-refractivity contribution in [3.8, 4) is 0 Å². The Kier molecular flexibility index (Phi) is 4.69. The molecule has 1 aromatic heterocycles. The quantitative estimate of drug-likeness (QED) is 0.878. The van der Waals surface area contributed by atoms with Crippen LogP contribution in [0.3, 0.4) is 0 Å². The highest BCUT2D eigenvalue weighted by atomic mass is 79.9. The molecule has 1 heterocycles. The lowest BCUT2D eigenvalue weighted by Crippen LogP contribution is -2.23. The Labute approximate surface area is 128 Å². The molecule has 0 saturated heterocycles. The summed E-state index contributed by atoms with van der Waals surface area (Å²) >= 11 is 3.02. The first kappa shape index (κ1) is 15.2. The number of hydrogen-bond acceptors (Lipinski definition) is 3. The lowest BCUT2D eigenvalue weighted by molar-refractivity contribution is -0.121. The Bertz CT molecular complexity index is 687. The number of rotatable bonds is 4. The van der Waals surface area contributed by atoms with Crippen LogP contribution >= 0.6 is 15.9 Å². The number of likely N-dealkylation sites (N-methyl/N-ethyl adjacent to an activating group) is 1. The van der Waals surface area contributed by atoms with Crippen molar-refractivity contribution in [1.82, 2.24) is 15.1 Å². The molecule has 0 bridgehead atoms. The average Bonchev–Trinajstić information content (AvgIpc) is 2.88. The van der Waals surface area contributed by atoms with Crippen molar-refractivity contribution in [2.75, 3.05) is 12.4 Å². The van der Waals surface area contributed by atoms with E-state index in [2.05, 4.69) is 31.7 Å². The molecule has 0 spiro atoms. The smallest absolute Gasteiger partial charge is 0.258 e. The predicted octanol–water partition coefficient (Wildman–Crippen LogP) is 1.78. The molecule has 0 aliphatic rings. The van der Waals surface area contributed by atoms with Gasteiger partial charge in [0, 0.05) is 13.2 Å². The maximum absolute atomic E-state index is 13.8. The van der Waals surface area contributed by atoms with E-state index in [0.29, 0.717) is 5.69 Å². The predicted molar refractivity (Wildman–Crippen MR) is 78.3 cm³/mol. The molecule has 110 valence electrons. The molecular formula is C13H12BrFN4O2. The Hall–Kier alpha value is -2.22. The molecule has 8 heteroatoms. The molecule has 6 nitrogen and oxygen atoms in total. The van der Waals surface area contributed by atoms with Gasteiger partial charge >= 0.3 is 0 Å². The Morgan fingerprint density at radius 1 is 1.43 bits per heavy atom. The number of anilines is 1. The molecule has 1 aromatic carbocycles. The van der Waals surface area contributed by atoms with Crippen LogP contribution in [0.25, 0.3) is 0 Å². The fraction of sp³-hybridized carbons (Fsp3) is 0.154. The number of nitrogens with one attached hydrogen (secondary N) is 2. The van der Waals surface area contributed by atoms with Gasteiger partial charge in [0.05, 0.1) is 21.9 Å². The molecule has 21 heavy (non-hydrogen) atoms. The monoisotopic (exact) mass is 354 g/mol. The summed E-state index contributed by atoms with van der Waals surface area (Å²) < 4.78 is 15.4. The number of amides is 2. The van der Waals surface area contributed by atoms with Crippen molar-refractivity contribution < 1.29 is 14.0 Å². The van der Waals surface area contributed by atoms with Crippen LogP contribution in [-0.2, 0) is 11.3 Å². The zero-order valence-corrected chi connectivity index (χ0v) is 12.6. The summed E-state index contributed by atoms with van der Waals surface area (Å²) in [5.41, 5.74) is 0.298. The minimum Gasteiger partial charge on any atom is -0.358 e. The summed E-state index contributed by atoms with van der Waals surface area (Å²) in [6.07, 6.45) is 2.87. The second kappa shape index (κ2) is 6.49. The van der Waals surface area contributed by atoms with E-state index >= 15 is 0 Å². The third-order valence-corrected chi connectivity index (χ3v) is 3.28. The number of benzene rings is 1. The molecule has 0 saturated carbocycles. The van der Waals surface area contributed by atoms with E-state index in [-0.39, 0.29) is 22.5 Å². The summed E-state index contributed by atoms with van der Waals surface area (Å²) in [7, 11) is 1.52. The lowest BCUT2D eigenvalue weighted by Gasteiger charge is -2.04. The molecule has 0 aliphatic heterocycles. The topological polar surface area (TPSA) is 76.0 Å². The van der Waals surface area contributed by atoms with Gasteiger partial charge in [0.1, 0.15) is 12.4 Å². The van der Waals surface area contributed by atoms with Crippen LogP contribution in [-0.4, -0.2) is 28.6 Å². The molecule has 0 atom stereocenters. The van der Waals surface area contributed by atoms with E-state index in [1.165, 1.54) is 36.3 Å². The fourth-order valence-electron chi connectivity index (χ4n) is 1.62. The van der Waals surface area contributed by atoms with E-state index in [4.69, 9.17) is 0 Å².